The maximum Gasteiger partial charge on any atom is 0.0465 e. The van der Waals surface area contributed by atoms with E-state index in [1.54, 1.807) is 0 Å². The van der Waals surface area contributed by atoms with Gasteiger partial charge in [-0.15, -0.1) is 0 Å². The van der Waals surface area contributed by atoms with Crippen molar-refractivity contribution in [2.24, 2.45) is 11.3 Å². The molecule has 4 heteroatoms. The molecule has 2 nitrogen and oxygen atoms in total. The lowest BCUT2D eigenvalue weighted by Crippen LogP contribution is -2.36. The van der Waals surface area contributed by atoms with E-state index < -0.39 is 0 Å². The molecule has 21 heavy (non-hydrogen) atoms. The average molecular weight is 329 g/mol. The molecule has 1 saturated heterocycles. The van der Waals surface area contributed by atoms with Gasteiger partial charge in [0, 0.05) is 29.7 Å². The zero-order valence-electron chi connectivity index (χ0n) is 13.3. The van der Waals surface area contributed by atoms with E-state index in [1.807, 2.05) is 18.2 Å². The molecular weight excluding hydrogens is 303 g/mol. The smallest absolute Gasteiger partial charge is 0.0465 e. The summed E-state index contributed by atoms with van der Waals surface area (Å²) in [6.07, 6.45) is 1.27. The van der Waals surface area contributed by atoms with Gasteiger partial charge in [0.05, 0.1) is 0 Å². The van der Waals surface area contributed by atoms with Gasteiger partial charge in [0.15, 0.2) is 0 Å². The monoisotopic (exact) mass is 328 g/mol. The third kappa shape index (κ3) is 5.78. The fourth-order valence-corrected chi connectivity index (χ4v) is 3.45. The van der Waals surface area contributed by atoms with Gasteiger partial charge in [0.2, 0.25) is 0 Å². The summed E-state index contributed by atoms with van der Waals surface area (Å²) in [5.74, 6) is 0.749. The Kier molecular flexibility index (Phi) is 5.96. The summed E-state index contributed by atoms with van der Waals surface area (Å²) in [7, 11) is 0. The third-order valence-corrected chi connectivity index (χ3v) is 4.37. The standard InChI is InChI=1S/C17H26Cl2N2/c1-17(2,3)12-21(10-13-6-7-20-9-13)11-14-4-5-15(18)8-16(14)19/h4-5,8,13,20H,6-7,9-12H2,1-3H3/t13-/m0/s1. The van der Waals surface area contributed by atoms with Crippen molar-refractivity contribution in [2.75, 3.05) is 26.2 Å². The Morgan fingerprint density at radius 1 is 1.29 bits per heavy atom. The maximum absolute atomic E-state index is 6.34. The zero-order valence-corrected chi connectivity index (χ0v) is 14.8. The summed E-state index contributed by atoms with van der Waals surface area (Å²) in [6, 6.07) is 5.81. The maximum atomic E-state index is 6.34. The van der Waals surface area contributed by atoms with Crippen LogP contribution in [0.3, 0.4) is 0 Å². The van der Waals surface area contributed by atoms with Gasteiger partial charge in [-0.3, -0.25) is 4.90 Å². The van der Waals surface area contributed by atoms with E-state index in [4.69, 9.17) is 23.2 Å². The number of nitrogens with zero attached hydrogens (tertiary/aromatic N) is 1. The Balaban J connectivity index is 2.06. The molecule has 0 aromatic heterocycles. The number of halogens is 2. The number of nitrogens with one attached hydrogen (secondary N) is 1. The molecule has 1 fully saturated rings. The first kappa shape index (κ1) is 17.1. The Bertz CT molecular complexity index is 462. The molecule has 0 bridgehead atoms. The fraction of sp³-hybridized carbons (Fsp3) is 0.647. The molecule has 1 aromatic carbocycles. The van der Waals surface area contributed by atoms with E-state index in [0.717, 1.165) is 49.2 Å². The molecular formula is C17H26Cl2N2. The van der Waals surface area contributed by atoms with Gasteiger partial charge in [0.25, 0.3) is 0 Å². The second-order valence-corrected chi connectivity index (χ2v) is 8.17. The van der Waals surface area contributed by atoms with Crippen LogP contribution in [0.25, 0.3) is 0 Å². The van der Waals surface area contributed by atoms with Crippen LogP contribution in [0.2, 0.25) is 10.0 Å². The minimum absolute atomic E-state index is 0.283. The van der Waals surface area contributed by atoms with E-state index in [9.17, 15) is 0 Å². The van der Waals surface area contributed by atoms with Crippen molar-refractivity contribution in [2.45, 2.75) is 33.7 Å². The molecule has 0 spiro atoms. The highest BCUT2D eigenvalue weighted by Gasteiger charge is 2.22. The van der Waals surface area contributed by atoms with Crippen molar-refractivity contribution < 1.29 is 0 Å². The van der Waals surface area contributed by atoms with Crippen LogP contribution in [0.5, 0.6) is 0 Å². The summed E-state index contributed by atoms with van der Waals surface area (Å²) in [4.78, 5) is 2.53. The zero-order chi connectivity index (χ0) is 15.5. The molecule has 1 heterocycles. The van der Waals surface area contributed by atoms with Crippen LogP contribution < -0.4 is 5.32 Å². The van der Waals surface area contributed by atoms with Gasteiger partial charge in [-0.1, -0.05) is 50.0 Å². The van der Waals surface area contributed by atoms with Crippen LogP contribution in [-0.4, -0.2) is 31.1 Å². The van der Waals surface area contributed by atoms with Gasteiger partial charge in [-0.05, 0) is 48.5 Å². The number of benzene rings is 1. The van der Waals surface area contributed by atoms with E-state index in [2.05, 4.69) is 31.0 Å². The average Bonchev–Trinajstić information content (AvgIpc) is 2.83. The Labute approximate surface area is 138 Å². The first-order valence-electron chi connectivity index (χ1n) is 7.70. The van der Waals surface area contributed by atoms with Crippen LogP contribution in [0.1, 0.15) is 32.8 Å². The first-order valence-corrected chi connectivity index (χ1v) is 8.46. The molecule has 1 atom stereocenters. The van der Waals surface area contributed by atoms with Crippen LogP contribution >= 0.6 is 23.2 Å². The van der Waals surface area contributed by atoms with E-state index in [-0.39, 0.29) is 5.41 Å². The second kappa shape index (κ2) is 7.32. The summed E-state index contributed by atoms with van der Waals surface area (Å²) in [5, 5.41) is 4.92. The van der Waals surface area contributed by atoms with Crippen molar-refractivity contribution in [1.82, 2.24) is 10.2 Å². The van der Waals surface area contributed by atoms with Gasteiger partial charge in [-0.2, -0.15) is 0 Å². The highest BCUT2D eigenvalue weighted by molar-refractivity contribution is 6.35. The quantitative estimate of drug-likeness (QED) is 0.858. The summed E-state index contributed by atoms with van der Waals surface area (Å²) < 4.78 is 0. The number of hydrogen-bond donors (Lipinski definition) is 1. The molecule has 1 aliphatic heterocycles. The minimum Gasteiger partial charge on any atom is -0.316 e. The van der Waals surface area contributed by atoms with Crippen molar-refractivity contribution in [3.05, 3.63) is 33.8 Å². The lowest BCUT2D eigenvalue weighted by molar-refractivity contribution is 0.163. The predicted octanol–water partition coefficient (Wildman–Crippen LogP) is 4.45. The van der Waals surface area contributed by atoms with E-state index in [1.165, 1.54) is 6.42 Å². The van der Waals surface area contributed by atoms with Crippen molar-refractivity contribution in [3.8, 4) is 0 Å². The van der Waals surface area contributed by atoms with Crippen LogP contribution in [-0.2, 0) is 6.54 Å². The molecule has 1 aliphatic rings. The van der Waals surface area contributed by atoms with Gasteiger partial charge in [-0.25, -0.2) is 0 Å². The molecule has 1 aromatic rings. The topological polar surface area (TPSA) is 15.3 Å². The van der Waals surface area contributed by atoms with Crippen molar-refractivity contribution in [3.63, 3.8) is 0 Å². The molecule has 0 unspecified atom stereocenters. The number of hydrogen-bond acceptors (Lipinski definition) is 2. The van der Waals surface area contributed by atoms with Crippen LogP contribution in [0, 0.1) is 11.3 Å². The molecule has 0 saturated carbocycles. The normalized spacial score (nSPS) is 19.4. The Morgan fingerprint density at radius 3 is 2.62 bits per heavy atom. The van der Waals surface area contributed by atoms with Crippen LogP contribution in [0.15, 0.2) is 18.2 Å². The fourth-order valence-electron chi connectivity index (χ4n) is 2.98. The summed E-state index contributed by atoms with van der Waals surface area (Å²) >= 11 is 12.3. The second-order valence-electron chi connectivity index (χ2n) is 7.32. The molecule has 1 N–H and O–H groups in total. The van der Waals surface area contributed by atoms with E-state index in [0.29, 0.717) is 5.02 Å². The number of rotatable bonds is 5. The molecule has 0 radical (unpaired) electrons. The van der Waals surface area contributed by atoms with Crippen molar-refractivity contribution >= 4 is 23.2 Å². The Hall–Kier alpha value is -0.280. The highest BCUT2D eigenvalue weighted by atomic mass is 35.5. The van der Waals surface area contributed by atoms with E-state index >= 15 is 0 Å². The molecule has 0 aliphatic carbocycles. The van der Waals surface area contributed by atoms with Crippen molar-refractivity contribution in [1.29, 1.82) is 0 Å². The SMILES string of the molecule is CC(C)(C)CN(Cc1ccc(Cl)cc1Cl)C[C@H]1CCNC1. The summed E-state index contributed by atoms with van der Waals surface area (Å²) in [5.41, 5.74) is 1.45. The molecule has 2 rings (SSSR count). The molecule has 0 amide bonds. The Morgan fingerprint density at radius 2 is 2.05 bits per heavy atom. The largest absolute Gasteiger partial charge is 0.316 e. The predicted molar refractivity (Wildman–Crippen MR) is 92.2 cm³/mol. The highest BCUT2D eigenvalue weighted by Crippen LogP contribution is 2.25. The minimum atomic E-state index is 0.283. The third-order valence-electron chi connectivity index (χ3n) is 3.79. The van der Waals surface area contributed by atoms with Gasteiger partial charge < -0.3 is 5.32 Å². The van der Waals surface area contributed by atoms with Gasteiger partial charge in [0.1, 0.15) is 0 Å². The first-order chi connectivity index (χ1) is 9.83. The molecule has 118 valence electrons. The lowest BCUT2D eigenvalue weighted by Gasteiger charge is -2.32. The lowest BCUT2D eigenvalue weighted by atomic mass is 9.95. The van der Waals surface area contributed by atoms with Gasteiger partial charge >= 0.3 is 0 Å². The van der Waals surface area contributed by atoms with Crippen LogP contribution in [0.4, 0.5) is 0 Å². The summed E-state index contributed by atoms with van der Waals surface area (Å²) in [6.45, 7) is 12.2.